The van der Waals surface area contributed by atoms with Gasteiger partial charge >= 0.3 is 0 Å². The topological polar surface area (TPSA) is 35.2 Å². The molecular formula is C13H11NO. The van der Waals surface area contributed by atoms with Crippen molar-refractivity contribution < 1.29 is 4.74 Å². The van der Waals surface area contributed by atoms with Crippen LogP contribution in [0.3, 0.4) is 0 Å². The fraction of sp³-hybridized carbons (Fsp3) is 0.0769. The highest BCUT2D eigenvalue weighted by atomic mass is 16.5. The van der Waals surface area contributed by atoms with Gasteiger partial charge in [0.25, 0.3) is 0 Å². The molecule has 0 fully saturated rings. The first-order valence-corrected chi connectivity index (χ1v) is 4.97. The van der Waals surface area contributed by atoms with Gasteiger partial charge in [-0.05, 0) is 23.3 Å². The van der Waals surface area contributed by atoms with Crippen molar-refractivity contribution in [3.8, 4) is 11.5 Å². The number of rotatable bonds is 0. The average Bonchev–Trinajstić information content (AvgIpc) is 2.26. The van der Waals surface area contributed by atoms with Crippen LogP contribution < -0.4 is 10.5 Å². The van der Waals surface area contributed by atoms with Crippen LogP contribution in [0.4, 0.5) is 5.69 Å². The summed E-state index contributed by atoms with van der Waals surface area (Å²) in [5.74, 6) is 1.82. The van der Waals surface area contributed by atoms with Crippen molar-refractivity contribution in [1.29, 1.82) is 0 Å². The summed E-state index contributed by atoms with van der Waals surface area (Å²) in [4.78, 5) is 0. The molecule has 0 bridgehead atoms. The molecule has 1 heterocycles. The minimum absolute atomic E-state index is 0.744. The molecule has 0 aromatic heterocycles. The Bertz CT molecular complexity index is 520. The molecule has 2 aromatic carbocycles. The van der Waals surface area contributed by atoms with Gasteiger partial charge in [-0.15, -0.1) is 0 Å². The van der Waals surface area contributed by atoms with Crippen LogP contribution in [0.5, 0.6) is 11.5 Å². The van der Waals surface area contributed by atoms with Crippen LogP contribution in [0.15, 0.2) is 42.5 Å². The first-order valence-electron chi connectivity index (χ1n) is 4.97. The first kappa shape index (κ1) is 8.36. The smallest absolute Gasteiger partial charge is 0.133 e. The molecule has 0 aliphatic carbocycles. The van der Waals surface area contributed by atoms with E-state index in [2.05, 4.69) is 6.07 Å². The number of anilines is 1. The molecule has 2 heteroatoms. The monoisotopic (exact) mass is 197 g/mol. The second-order valence-corrected chi connectivity index (χ2v) is 3.75. The largest absolute Gasteiger partial charge is 0.457 e. The molecule has 0 spiro atoms. The third-order valence-electron chi connectivity index (χ3n) is 2.66. The Labute approximate surface area is 88.3 Å². The van der Waals surface area contributed by atoms with Crippen molar-refractivity contribution in [3.63, 3.8) is 0 Å². The minimum atomic E-state index is 0.744. The van der Waals surface area contributed by atoms with Gasteiger partial charge in [0.05, 0.1) is 0 Å². The van der Waals surface area contributed by atoms with Crippen LogP contribution in [0.2, 0.25) is 0 Å². The molecule has 1 aliphatic rings. The van der Waals surface area contributed by atoms with E-state index in [0.29, 0.717) is 0 Å². The molecule has 1 aliphatic heterocycles. The minimum Gasteiger partial charge on any atom is -0.457 e. The van der Waals surface area contributed by atoms with Crippen molar-refractivity contribution >= 4 is 5.69 Å². The van der Waals surface area contributed by atoms with Crippen molar-refractivity contribution in [2.45, 2.75) is 6.42 Å². The molecule has 0 amide bonds. The maximum atomic E-state index is 5.78. The molecule has 15 heavy (non-hydrogen) atoms. The van der Waals surface area contributed by atoms with Crippen molar-refractivity contribution in [2.75, 3.05) is 5.73 Å². The summed E-state index contributed by atoms with van der Waals surface area (Å²) in [6.45, 7) is 0. The van der Waals surface area contributed by atoms with E-state index in [1.54, 1.807) is 0 Å². The molecule has 0 radical (unpaired) electrons. The number of benzene rings is 2. The van der Waals surface area contributed by atoms with E-state index in [9.17, 15) is 0 Å². The third kappa shape index (κ3) is 1.34. The highest BCUT2D eigenvalue weighted by Gasteiger charge is 2.15. The summed E-state index contributed by atoms with van der Waals surface area (Å²) < 4.78 is 5.78. The molecule has 2 N–H and O–H groups in total. The predicted molar refractivity (Wildman–Crippen MR) is 60.2 cm³/mol. The van der Waals surface area contributed by atoms with Crippen LogP contribution in [0.25, 0.3) is 0 Å². The summed E-state index contributed by atoms with van der Waals surface area (Å²) in [6, 6.07) is 13.9. The summed E-state index contributed by atoms with van der Waals surface area (Å²) in [5.41, 5.74) is 8.89. The molecular weight excluding hydrogens is 186 g/mol. The Morgan fingerprint density at radius 1 is 0.933 bits per heavy atom. The van der Waals surface area contributed by atoms with Gasteiger partial charge in [0.1, 0.15) is 11.5 Å². The number of fused-ring (bicyclic) bond motifs is 2. The predicted octanol–water partition coefficient (Wildman–Crippen LogP) is 2.97. The molecule has 74 valence electrons. The fourth-order valence-electron chi connectivity index (χ4n) is 1.89. The number of ether oxygens (including phenoxy) is 1. The number of nitrogen functional groups attached to an aromatic ring is 1. The van der Waals surface area contributed by atoms with Gasteiger partial charge in [-0.1, -0.05) is 24.3 Å². The van der Waals surface area contributed by atoms with Crippen LogP contribution in [-0.4, -0.2) is 0 Å². The van der Waals surface area contributed by atoms with Gasteiger partial charge in [-0.25, -0.2) is 0 Å². The lowest BCUT2D eigenvalue weighted by molar-refractivity contribution is 0.460. The van der Waals surface area contributed by atoms with E-state index in [4.69, 9.17) is 10.5 Å². The number of hydrogen-bond donors (Lipinski definition) is 1. The zero-order chi connectivity index (χ0) is 10.3. The molecule has 0 saturated carbocycles. The molecule has 0 atom stereocenters. The Morgan fingerprint density at radius 2 is 1.73 bits per heavy atom. The lowest BCUT2D eigenvalue weighted by Gasteiger charge is -2.20. The molecule has 0 unspecified atom stereocenters. The summed E-state index contributed by atoms with van der Waals surface area (Å²) >= 11 is 0. The lowest BCUT2D eigenvalue weighted by atomic mass is 10.0. The Balaban J connectivity index is 2.11. The van der Waals surface area contributed by atoms with Gasteiger partial charge in [0.15, 0.2) is 0 Å². The van der Waals surface area contributed by atoms with E-state index in [-0.39, 0.29) is 0 Å². The van der Waals surface area contributed by atoms with Gasteiger partial charge in [-0.3, -0.25) is 0 Å². The third-order valence-corrected chi connectivity index (χ3v) is 2.66. The van der Waals surface area contributed by atoms with E-state index >= 15 is 0 Å². The quantitative estimate of drug-likeness (QED) is 0.562. The Hall–Kier alpha value is -1.96. The summed E-state index contributed by atoms with van der Waals surface area (Å²) in [6.07, 6.45) is 0.922. The van der Waals surface area contributed by atoms with Gasteiger partial charge in [-0.2, -0.15) is 0 Å². The number of nitrogens with two attached hydrogens (primary N) is 1. The maximum Gasteiger partial charge on any atom is 0.133 e. The van der Waals surface area contributed by atoms with Gasteiger partial charge in [0.2, 0.25) is 0 Å². The summed E-state index contributed by atoms with van der Waals surface area (Å²) in [5, 5.41) is 0. The zero-order valence-electron chi connectivity index (χ0n) is 8.23. The van der Waals surface area contributed by atoms with E-state index in [1.165, 1.54) is 11.1 Å². The fourth-order valence-corrected chi connectivity index (χ4v) is 1.89. The number of para-hydroxylation sites is 1. The lowest BCUT2D eigenvalue weighted by Crippen LogP contribution is -2.03. The van der Waals surface area contributed by atoms with Gasteiger partial charge < -0.3 is 10.5 Å². The molecule has 2 nitrogen and oxygen atoms in total. The normalized spacial score (nSPS) is 12.5. The zero-order valence-corrected chi connectivity index (χ0v) is 8.23. The van der Waals surface area contributed by atoms with E-state index < -0.39 is 0 Å². The number of hydrogen-bond acceptors (Lipinski definition) is 2. The standard InChI is InChI=1S/C13H11NO/c14-11-6-5-10-7-9-3-1-2-4-12(9)15-13(10)8-11/h1-6,8H,7,14H2. The van der Waals surface area contributed by atoms with Crippen LogP contribution >= 0.6 is 0 Å². The van der Waals surface area contributed by atoms with Crippen LogP contribution in [0.1, 0.15) is 11.1 Å². The van der Waals surface area contributed by atoms with Crippen molar-refractivity contribution in [2.24, 2.45) is 0 Å². The van der Waals surface area contributed by atoms with E-state index in [0.717, 1.165) is 23.6 Å². The van der Waals surface area contributed by atoms with Crippen molar-refractivity contribution in [1.82, 2.24) is 0 Å². The molecule has 2 aromatic rings. The Kier molecular flexibility index (Phi) is 1.68. The highest BCUT2D eigenvalue weighted by Crippen LogP contribution is 2.36. The molecule has 0 saturated heterocycles. The van der Waals surface area contributed by atoms with Crippen molar-refractivity contribution in [3.05, 3.63) is 53.6 Å². The van der Waals surface area contributed by atoms with E-state index in [1.807, 2.05) is 36.4 Å². The summed E-state index contributed by atoms with van der Waals surface area (Å²) in [7, 11) is 0. The Morgan fingerprint density at radius 3 is 2.67 bits per heavy atom. The van der Waals surface area contributed by atoms with Crippen LogP contribution in [0, 0.1) is 0 Å². The molecule has 3 rings (SSSR count). The second-order valence-electron chi connectivity index (χ2n) is 3.75. The highest BCUT2D eigenvalue weighted by molar-refractivity contribution is 5.55. The SMILES string of the molecule is Nc1ccc2c(c1)Oc1ccccc1C2. The van der Waals surface area contributed by atoms with Crippen LogP contribution in [-0.2, 0) is 6.42 Å². The maximum absolute atomic E-state index is 5.78. The first-order chi connectivity index (χ1) is 7.33. The average molecular weight is 197 g/mol. The van der Waals surface area contributed by atoms with Gasteiger partial charge in [0, 0.05) is 18.2 Å². The second kappa shape index (κ2) is 3.02.